The van der Waals surface area contributed by atoms with Crippen molar-refractivity contribution in [2.75, 3.05) is 4.90 Å². The number of carbonyl (C=O) groups is 1. The van der Waals surface area contributed by atoms with Crippen LogP contribution in [0.25, 0.3) is 16.3 Å². The van der Waals surface area contributed by atoms with E-state index in [4.69, 9.17) is 4.98 Å². The van der Waals surface area contributed by atoms with Crippen molar-refractivity contribution in [2.45, 2.75) is 20.4 Å². The first kappa shape index (κ1) is 19.1. The monoisotopic (exact) mass is 398 g/mol. The summed E-state index contributed by atoms with van der Waals surface area (Å²) in [6, 6.07) is 24.1. The van der Waals surface area contributed by atoms with E-state index >= 15 is 0 Å². The molecule has 1 aromatic heterocycles. The second-order valence-electron chi connectivity index (χ2n) is 7.05. The van der Waals surface area contributed by atoms with Crippen LogP contribution in [-0.4, -0.2) is 10.9 Å². The van der Waals surface area contributed by atoms with Gasteiger partial charge in [-0.25, -0.2) is 4.98 Å². The molecule has 1 amide bonds. The number of thiazole rings is 1. The maximum atomic E-state index is 13.1. The van der Waals surface area contributed by atoms with E-state index in [1.165, 1.54) is 11.1 Å². The van der Waals surface area contributed by atoms with Crippen molar-refractivity contribution in [1.82, 2.24) is 4.98 Å². The van der Waals surface area contributed by atoms with Gasteiger partial charge in [-0.3, -0.25) is 9.69 Å². The smallest absolute Gasteiger partial charge is 0.253 e. The molecule has 0 aliphatic carbocycles. The molecular weight excluding hydrogens is 376 g/mol. The van der Waals surface area contributed by atoms with E-state index in [1.54, 1.807) is 22.3 Å². The molecule has 0 radical (unpaired) electrons. The Labute approximate surface area is 175 Å². The van der Waals surface area contributed by atoms with Gasteiger partial charge in [0, 0.05) is 6.08 Å². The van der Waals surface area contributed by atoms with E-state index in [0.29, 0.717) is 6.54 Å². The zero-order valence-electron chi connectivity index (χ0n) is 16.5. The lowest BCUT2D eigenvalue weighted by Gasteiger charge is -2.18. The maximum absolute atomic E-state index is 13.1. The Bertz CT molecular complexity index is 1120. The second-order valence-corrected chi connectivity index (χ2v) is 8.06. The molecule has 0 fully saturated rings. The number of aryl methyl sites for hydroxylation is 2. The first-order valence-electron chi connectivity index (χ1n) is 9.56. The standard InChI is InChI=1S/C25H22N2OS/c1-18-15-22-23(16-19(18)2)29-25(26-22)27(17-21-11-7-4-8-12-21)24(28)14-13-20-9-5-3-6-10-20/h3-16H,17H2,1-2H3/b14-13+. The summed E-state index contributed by atoms with van der Waals surface area (Å²) in [6.07, 6.45) is 3.47. The van der Waals surface area contributed by atoms with Gasteiger partial charge in [-0.15, -0.1) is 0 Å². The third-order valence-electron chi connectivity index (χ3n) is 4.89. The molecule has 0 atom stereocenters. The van der Waals surface area contributed by atoms with Crippen LogP contribution in [-0.2, 0) is 11.3 Å². The van der Waals surface area contributed by atoms with E-state index in [-0.39, 0.29) is 5.91 Å². The van der Waals surface area contributed by atoms with Crippen molar-refractivity contribution in [2.24, 2.45) is 0 Å². The largest absolute Gasteiger partial charge is 0.280 e. The SMILES string of the molecule is Cc1cc2nc(N(Cc3ccccc3)C(=O)/C=C/c3ccccc3)sc2cc1C. The molecule has 0 bridgehead atoms. The lowest BCUT2D eigenvalue weighted by molar-refractivity contribution is -0.114. The molecule has 0 saturated carbocycles. The molecule has 4 aromatic rings. The molecule has 4 rings (SSSR count). The van der Waals surface area contributed by atoms with Crippen molar-refractivity contribution in [3.05, 3.63) is 101 Å². The molecule has 4 heteroatoms. The molecule has 0 saturated heterocycles. The zero-order chi connectivity index (χ0) is 20.2. The predicted octanol–water partition coefficient (Wildman–Crippen LogP) is 6.16. The van der Waals surface area contributed by atoms with Crippen molar-refractivity contribution in [3.8, 4) is 0 Å². The summed E-state index contributed by atoms with van der Waals surface area (Å²) >= 11 is 1.56. The minimum Gasteiger partial charge on any atom is -0.280 e. The van der Waals surface area contributed by atoms with Crippen LogP contribution in [0.5, 0.6) is 0 Å². The number of nitrogens with zero attached hydrogens (tertiary/aromatic N) is 2. The minimum atomic E-state index is -0.0785. The summed E-state index contributed by atoms with van der Waals surface area (Å²) in [5.41, 5.74) is 5.44. The highest BCUT2D eigenvalue weighted by Gasteiger charge is 2.18. The Balaban J connectivity index is 1.70. The third kappa shape index (κ3) is 4.44. The summed E-state index contributed by atoms with van der Waals surface area (Å²) in [5.74, 6) is -0.0785. The van der Waals surface area contributed by atoms with Crippen molar-refractivity contribution >= 4 is 38.7 Å². The highest BCUT2D eigenvalue weighted by molar-refractivity contribution is 7.22. The average Bonchev–Trinajstić information content (AvgIpc) is 3.14. The summed E-state index contributed by atoms with van der Waals surface area (Å²) in [6.45, 7) is 4.67. The van der Waals surface area contributed by atoms with Crippen molar-refractivity contribution in [1.29, 1.82) is 0 Å². The number of amides is 1. The zero-order valence-corrected chi connectivity index (χ0v) is 17.3. The normalized spacial score (nSPS) is 11.2. The number of fused-ring (bicyclic) bond motifs is 1. The van der Waals surface area contributed by atoms with Crippen LogP contribution in [0.15, 0.2) is 78.9 Å². The van der Waals surface area contributed by atoms with Gasteiger partial charge in [-0.2, -0.15) is 0 Å². The molecule has 3 aromatic carbocycles. The molecule has 0 spiro atoms. The molecule has 0 aliphatic rings. The Hall–Kier alpha value is -3.24. The first-order valence-corrected chi connectivity index (χ1v) is 10.4. The maximum Gasteiger partial charge on any atom is 0.253 e. The third-order valence-corrected chi connectivity index (χ3v) is 5.93. The fraction of sp³-hybridized carbons (Fsp3) is 0.120. The summed E-state index contributed by atoms with van der Waals surface area (Å²) < 4.78 is 1.10. The van der Waals surface area contributed by atoms with Crippen LogP contribution in [0.4, 0.5) is 5.13 Å². The van der Waals surface area contributed by atoms with Crippen LogP contribution in [0, 0.1) is 13.8 Å². The molecule has 3 nitrogen and oxygen atoms in total. The van der Waals surface area contributed by atoms with E-state index in [1.807, 2.05) is 66.7 Å². The summed E-state index contributed by atoms with van der Waals surface area (Å²) in [5, 5.41) is 0.719. The summed E-state index contributed by atoms with van der Waals surface area (Å²) in [7, 11) is 0. The molecule has 1 heterocycles. The number of hydrogen-bond acceptors (Lipinski definition) is 3. The molecule has 0 aliphatic heterocycles. The number of carbonyl (C=O) groups excluding carboxylic acids is 1. The van der Waals surface area contributed by atoms with Crippen LogP contribution in [0.2, 0.25) is 0 Å². The number of rotatable bonds is 5. The fourth-order valence-corrected chi connectivity index (χ4v) is 4.16. The Kier molecular flexibility index (Phi) is 5.54. The van der Waals surface area contributed by atoms with Gasteiger partial charge < -0.3 is 0 Å². The second kappa shape index (κ2) is 8.41. The number of hydrogen-bond donors (Lipinski definition) is 0. The Morgan fingerprint density at radius 3 is 2.34 bits per heavy atom. The summed E-state index contributed by atoms with van der Waals surface area (Å²) in [4.78, 5) is 19.7. The first-order chi connectivity index (χ1) is 14.1. The van der Waals surface area contributed by atoms with Gasteiger partial charge in [0.05, 0.1) is 16.8 Å². The molecular formula is C25H22N2OS. The van der Waals surface area contributed by atoms with Gasteiger partial charge in [0.2, 0.25) is 0 Å². The average molecular weight is 399 g/mol. The predicted molar refractivity (Wildman–Crippen MR) is 122 cm³/mol. The van der Waals surface area contributed by atoms with Gasteiger partial charge in [0.15, 0.2) is 5.13 Å². The molecule has 144 valence electrons. The molecule has 29 heavy (non-hydrogen) atoms. The van der Waals surface area contributed by atoms with E-state index < -0.39 is 0 Å². The van der Waals surface area contributed by atoms with Crippen LogP contribution < -0.4 is 4.90 Å². The highest BCUT2D eigenvalue weighted by Crippen LogP contribution is 2.32. The molecule has 0 N–H and O–H groups in total. The highest BCUT2D eigenvalue weighted by atomic mass is 32.1. The minimum absolute atomic E-state index is 0.0785. The quantitative estimate of drug-likeness (QED) is 0.377. The Morgan fingerprint density at radius 1 is 0.966 bits per heavy atom. The fourth-order valence-electron chi connectivity index (χ4n) is 3.11. The van der Waals surface area contributed by atoms with Crippen LogP contribution in [0.1, 0.15) is 22.3 Å². The van der Waals surface area contributed by atoms with Gasteiger partial charge in [0.25, 0.3) is 5.91 Å². The lowest BCUT2D eigenvalue weighted by atomic mass is 10.1. The number of aromatic nitrogens is 1. The Morgan fingerprint density at radius 2 is 1.62 bits per heavy atom. The molecule has 0 unspecified atom stereocenters. The van der Waals surface area contributed by atoms with Gasteiger partial charge in [-0.1, -0.05) is 72.0 Å². The van der Waals surface area contributed by atoms with Gasteiger partial charge in [-0.05, 0) is 54.3 Å². The number of benzene rings is 3. The van der Waals surface area contributed by atoms with Crippen LogP contribution in [0.3, 0.4) is 0 Å². The van der Waals surface area contributed by atoms with Gasteiger partial charge >= 0.3 is 0 Å². The van der Waals surface area contributed by atoms with Crippen molar-refractivity contribution < 1.29 is 4.79 Å². The lowest BCUT2D eigenvalue weighted by Crippen LogP contribution is -2.28. The topological polar surface area (TPSA) is 33.2 Å². The van der Waals surface area contributed by atoms with E-state index in [0.717, 1.165) is 26.5 Å². The van der Waals surface area contributed by atoms with Crippen molar-refractivity contribution in [3.63, 3.8) is 0 Å². The van der Waals surface area contributed by atoms with E-state index in [2.05, 4.69) is 26.0 Å². The van der Waals surface area contributed by atoms with Gasteiger partial charge in [0.1, 0.15) is 0 Å². The van der Waals surface area contributed by atoms with Crippen LogP contribution >= 0.6 is 11.3 Å². The number of anilines is 1. The van der Waals surface area contributed by atoms with E-state index in [9.17, 15) is 4.79 Å².